The minimum absolute atomic E-state index is 0.203. The van der Waals surface area contributed by atoms with Gasteiger partial charge in [0.05, 0.1) is 12.2 Å². The number of benzene rings is 2. The van der Waals surface area contributed by atoms with Crippen LogP contribution >= 0.6 is 0 Å². The lowest BCUT2D eigenvalue weighted by Crippen LogP contribution is -2.40. The minimum atomic E-state index is -3.68. The van der Waals surface area contributed by atoms with E-state index in [-0.39, 0.29) is 10.7 Å². The van der Waals surface area contributed by atoms with Crippen molar-refractivity contribution in [3.8, 4) is 0 Å². The molecule has 3 heterocycles. The Morgan fingerprint density at radius 3 is 2.85 bits per heavy atom. The van der Waals surface area contributed by atoms with Crippen LogP contribution in [-0.4, -0.2) is 36.8 Å². The van der Waals surface area contributed by atoms with E-state index in [0.717, 1.165) is 29.7 Å². The summed E-state index contributed by atoms with van der Waals surface area (Å²) in [6.45, 7) is 2.58. The van der Waals surface area contributed by atoms with Crippen molar-refractivity contribution in [2.75, 3.05) is 18.4 Å². The number of aromatic nitrogens is 1. The Labute approximate surface area is 156 Å². The van der Waals surface area contributed by atoms with Crippen LogP contribution in [0, 0.1) is 5.82 Å². The van der Waals surface area contributed by atoms with Crippen molar-refractivity contribution < 1.29 is 12.8 Å². The number of anilines is 1. The maximum Gasteiger partial charge on any atom is 0.286 e. The summed E-state index contributed by atoms with van der Waals surface area (Å²) in [5.41, 5.74) is 2.67. The van der Waals surface area contributed by atoms with Gasteiger partial charge < -0.3 is 9.88 Å². The average Bonchev–Trinajstić information content (AvgIpc) is 2.97. The van der Waals surface area contributed by atoms with Crippen molar-refractivity contribution in [3.63, 3.8) is 0 Å². The molecule has 6 nitrogen and oxygen atoms in total. The normalized spacial score (nSPS) is 18.5. The molecule has 0 aliphatic carbocycles. The van der Waals surface area contributed by atoms with E-state index in [9.17, 15) is 12.8 Å². The van der Waals surface area contributed by atoms with Crippen LogP contribution in [-0.2, 0) is 23.1 Å². The molecule has 2 aromatic carbocycles. The highest BCUT2D eigenvalue weighted by Gasteiger charge is 2.26. The molecule has 0 radical (unpaired) electrons. The standard InChI is InChI=1S/C19H17FN4O2S/c20-14-5-6-17-13(9-14)10-15-11-23(7-8-24(15)17)12-19-21-16-3-1-2-4-18(16)27(25,26)22-19/h1-6,9-10H,7-8,11-12H2,(H,21,22). The summed E-state index contributed by atoms with van der Waals surface area (Å²) in [6.07, 6.45) is 0. The monoisotopic (exact) mass is 384 g/mol. The van der Waals surface area contributed by atoms with E-state index < -0.39 is 10.0 Å². The van der Waals surface area contributed by atoms with E-state index in [0.29, 0.717) is 24.6 Å². The third-order valence-electron chi connectivity index (χ3n) is 5.02. The number of nitrogens with zero attached hydrogens (tertiary/aromatic N) is 3. The SMILES string of the molecule is O=S1(=O)N=C(CN2CCn3c(cc4cc(F)ccc43)C2)Nc2ccccc21. The fraction of sp³-hybridized carbons (Fsp3) is 0.211. The lowest BCUT2D eigenvalue weighted by atomic mass is 10.2. The largest absolute Gasteiger partial charge is 0.342 e. The number of sulfonamides is 1. The van der Waals surface area contributed by atoms with Gasteiger partial charge >= 0.3 is 0 Å². The molecule has 0 saturated carbocycles. The van der Waals surface area contributed by atoms with Crippen molar-refractivity contribution in [2.45, 2.75) is 18.0 Å². The van der Waals surface area contributed by atoms with Gasteiger partial charge in [-0.25, -0.2) is 4.39 Å². The molecule has 0 spiro atoms. The molecule has 0 unspecified atom stereocenters. The number of hydrogen-bond donors (Lipinski definition) is 1. The molecule has 2 aliphatic rings. The third-order valence-corrected chi connectivity index (χ3v) is 6.39. The molecule has 0 bridgehead atoms. The van der Waals surface area contributed by atoms with Gasteiger partial charge in [-0.05, 0) is 36.4 Å². The molecule has 3 aromatic rings. The van der Waals surface area contributed by atoms with E-state index in [1.165, 1.54) is 6.07 Å². The van der Waals surface area contributed by atoms with Gasteiger partial charge in [-0.2, -0.15) is 8.42 Å². The molecule has 138 valence electrons. The highest BCUT2D eigenvalue weighted by molar-refractivity contribution is 7.90. The number of amidine groups is 1. The van der Waals surface area contributed by atoms with Crippen LogP contribution in [0.25, 0.3) is 10.9 Å². The van der Waals surface area contributed by atoms with Gasteiger partial charge in [0.2, 0.25) is 0 Å². The summed E-state index contributed by atoms with van der Waals surface area (Å²) < 4.78 is 44.4. The summed E-state index contributed by atoms with van der Waals surface area (Å²) in [5, 5.41) is 4.02. The first-order chi connectivity index (χ1) is 13.0. The Bertz CT molecular complexity index is 1200. The van der Waals surface area contributed by atoms with Crippen LogP contribution < -0.4 is 5.32 Å². The zero-order valence-corrected chi connectivity index (χ0v) is 15.2. The molecule has 8 heteroatoms. The lowest BCUT2D eigenvalue weighted by molar-refractivity contribution is 0.253. The van der Waals surface area contributed by atoms with Crippen LogP contribution in [0.2, 0.25) is 0 Å². The molecule has 0 fully saturated rings. The van der Waals surface area contributed by atoms with Crippen molar-refractivity contribution in [3.05, 3.63) is 60.0 Å². The molecule has 1 N–H and O–H groups in total. The minimum Gasteiger partial charge on any atom is -0.342 e. The Morgan fingerprint density at radius 2 is 1.96 bits per heavy atom. The summed E-state index contributed by atoms with van der Waals surface area (Å²) in [4.78, 5) is 2.34. The van der Waals surface area contributed by atoms with E-state index >= 15 is 0 Å². The fourth-order valence-corrected chi connectivity index (χ4v) is 4.97. The lowest BCUT2D eigenvalue weighted by Gasteiger charge is -2.30. The molecule has 27 heavy (non-hydrogen) atoms. The highest BCUT2D eigenvalue weighted by Crippen LogP contribution is 2.28. The molecule has 0 saturated heterocycles. The fourth-order valence-electron chi connectivity index (χ4n) is 3.83. The predicted octanol–water partition coefficient (Wildman–Crippen LogP) is 2.81. The molecule has 1 aromatic heterocycles. The van der Waals surface area contributed by atoms with Gasteiger partial charge in [-0.3, -0.25) is 4.90 Å². The van der Waals surface area contributed by atoms with Gasteiger partial charge in [0.15, 0.2) is 0 Å². The van der Waals surface area contributed by atoms with Gasteiger partial charge in [-0.15, -0.1) is 4.40 Å². The Hall–Kier alpha value is -2.71. The van der Waals surface area contributed by atoms with E-state index in [2.05, 4.69) is 19.2 Å². The smallest absolute Gasteiger partial charge is 0.286 e. The number of rotatable bonds is 2. The zero-order valence-electron chi connectivity index (χ0n) is 14.4. The third kappa shape index (κ3) is 2.81. The first-order valence-electron chi connectivity index (χ1n) is 8.69. The maximum absolute atomic E-state index is 13.5. The predicted molar refractivity (Wildman–Crippen MR) is 102 cm³/mol. The van der Waals surface area contributed by atoms with Crippen LogP contribution in [0.5, 0.6) is 0 Å². The zero-order chi connectivity index (χ0) is 18.6. The number of halogens is 1. The Balaban J connectivity index is 1.40. The Morgan fingerprint density at radius 1 is 1.11 bits per heavy atom. The van der Waals surface area contributed by atoms with Crippen molar-refractivity contribution in [1.82, 2.24) is 9.47 Å². The van der Waals surface area contributed by atoms with Gasteiger partial charge in [-0.1, -0.05) is 12.1 Å². The van der Waals surface area contributed by atoms with Crippen molar-refractivity contribution >= 4 is 32.4 Å². The topological polar surface area (TPSA) is 66.7 Å². The molecule has 0 atom stereocenters. The van der Waals surface area contributed by atoms with Crippen LogP contribution in [0.3, 0.4) is 0 Å². The second-order valence-corrected chi connectivity index (χ2v) is 8.41. The quantitative estimate of drug-likeness (QED) is 0.738. The van der Waals surface area contributed by atoms with E-state index in [1.807, 2.05) is 6.07 Å². The number of para-hydroxylation sites is 1. The van der Waals surface area contributed by atoms with Gasteiger partial charge in [0.25, 0.3) is 10.0 Å². The molecule has 5 rings (SSSR count). The van der Waals surface area contributed by atoms with Crippen molar-refractivity contribution in [2.24, 2.45) is 4.40 Å². The Kier molecular flexibility index (Phi) is 3.60. The maximum atomic E-state index is 13.5. The van der Waals surface area contributed by atoms with Gasteiger partial charge in [0.1, 0.15) is 16.5 Å². The van der Waals surface area contributed by atoms with Crippen molar-refractivity contribution in [1.29, 1.82) is 0 Å². The molecule has 2 aliphatic heterocycles. The summed E-state index contributed by atoms with van der Waals surface area (Å²) in [6, 6.07) is 13.6. The number of nitrogens with one attached hydrogen (secondary N) is 1. The number of fused-ring (bicyclic) bond motifs is 4. The first kappa shape index (κ1) is 16.5. The highest BCUT2D eigenvalue weighted by atomic mass is 32.2. The molecule has 0 amide bonds. The summed E-state index contributed by atoms with van der Waals surface area (Å²) in [7, 11) is -3.68. The molecular weight excluding hydrogens is 367 g/mol. The van der Waals surface area contributed by atoms with Crippen LogP contribution in [0.1, 0.15) is 5.69 Å². The summed E-state index contributed by atoms with van der Waals surface area (Å²) in [5.74, 6) is 0.177. The number of hydrogen-bond acceptors (Lipinski definition) is 4. The van der Waals surface area contributed by atoms with Crippen LogP contribution in [0.4, 0.5) is 10.1 Å². The van der Waals surface area contributed by atoms with E-state index in [1.54, 1.807) is 36.4 Å². The first-order valence-corrected chi connectivity index (χ1v) is 10.1. The average molecular weight is 384 g/mol. The second-order valence-electron chi connectivity index (χ2n) is 6.84. The molecular formula is C19H17FN4O2S. The summed E-state index contributed by atoms with van der Waals surface area (Å²) >= 11 is 0. The second kappa shape index (κ2) is 5.90. The van der Waals surface area contributed by atoms with E-state index in [4.69, 9.17) is 0 Å². The van der Waals surface area contributed by atoms with Crippen LogP contribution in [0.15, 0.2) is 57.8 Å². The van der Waals surface area contributed by atoms with Gasteiger partial charge in [0, 0.05) is 36.2 Å².